The molecule has 0 aliphatic carbocycles. The van der Waals surface area contributed by atoms with Crippen LogP contribution >= 0.6 is 0 Å². The third kappa shape index (κ3) is 5.71. The molecule has 0 aromatic carbocycles. The van der Waals surface area contributed by atoms with Crippen LogP contribution < -0.4 is 10.6 Å². The van der Waals surface area contributed by atoms with Gasteiger partial charge in [-0.25, -0.2) is 0 Å². The molecule has 2 N–H and O–H groups in total. The summed E-state index contributed by atoms with van der Waals surface area (Å²) in [6, 6.07) is 0. The van der Waals surface area contributed by atoms with Crippen molar-refractivity contribution in [3.8, 4) is 0 Å². The molecule has 0 radical (unpaired) electrons. The molecule has 17 heavy (non-hydrogen) atoms. The van der Waals surface area contributed by atoms with Crippen LogP contribution in [-0.2, 0) is 9.59 Å². The number of nitrogens with one attached hydrogen (secondary N) is 2. The zero-order chi connectivity index (χ0) is 14.3. The van der Waals surface area contributed by atoms with Gasteiger partial charge in [-0.05, 0) is 6.42 Å². The Morgan fingerprint density at radius 3 is 1.24 bits per heavy atom. The predicted molar refractivity (Wildman–Crippen MR) is 71.7 cm³/mol. The highest BCUT2D eigenvalue weighted by Gasteiger charge is 2.37. The molecule has 4 heteroatoms. The van der Waals surface area contributed by atoms with Gasteiger partial charge in [-0.15, -0.1) is 0 Å². The van der Waals surface area contributed by atoms with Crippen molar-refractivity contribution in [3.05, 3.63) is 0 Å². The quantitative estimate of drug-likeness (QED) is 0.794. The van der Waals surface area contributed by atoms with Crippen molar-refractivity contribution in [2.75, 3.05) is 14.1 Å². The summed E-state index contributed by atoms with van der Waals surface area (Å²) in [5, 5.41) is 5.23. The number of hydrogen-bond donors (Lipinski definition) is 2. The summed E-state index contributed by atoms with van der Waals surface area (Å²) in [5.74, 6) is -0.0843. The van der Waals surface area contributed by atoms with Crippen LogP contribution in [-0.4, -0.2) is 25.9 Å². The van der Waals surface area contributed by atoms with E-state index in [1.54, 1.807) is 14.1 Å². The van der Waals surface area contributed by atoms with Crippen molar-refractivity contribution < 1.29 is 9.59 Å². The molecule has 0 fully saturated rings. The summed E-state index contributed by atoms with van der Waals surface area (Å²) < 4.78 is 0. The number of carbonyl (C=O) groups excluding carboxylic acids is 2. The van der Waals surface area contributed by atoms with Gasteiger partial charge in [0.15, 0.2) is 0 Å². The van der Waals surface area contributed by atoms with E-state index >= 15 is 0 Å². The minimum absolute atomic E-state index is 0.0421. The van der Waals surface area contributed by atoms with Crippen LogP contribution in [0.3, 0.4) is 0 Å². The lowest BCUT2D eigenvalue weighted by atomic mass is 9.74. The van der Waals surface area contributed by atoms with Gasteiger partial charge in [0.2, 0.25) is 11.8 Å². The molecule has 0 spiro atoms. The second kappa shape index (κ2) is 7.30. The summed E-state index contributed by atoms with van der Waals surface area (Å²) in [6.07, 6.45) is 0.513. The minimum atomic E-state index is -0.537. The molecule has 0 saturated carbocycles. The van der Waals surface area contributed by atoms with Crippen LogP contribution in [0.1, 0.15) is 48.0 Å². The monoisotopic (exact) mass is 244 g/mol. The van der Waals surface area contributed by atoms with Gasteiger partial charge in [0.25, 0.3) is 0 Å². The molecule has 0 aliphatic rings. The molecule has 0 aliphatic heterocycles. The lowest BCUT2D eigenvalue weighted by Crippen LogP contribution is -2.43. The summed E-state index contributed by atoms with van der Waals surface area (Å²) in [7, 11) is 3.22. The normalized spacial score (nSPS) is 11.1. The Morgan fingerprint density at radius 1 is 0.824 bits per heavy atom. The number of carbonyl (C=O) groups is 2. The second-order valence-corrected chi connectivity index (χ2v) is 5.10. The molecule has 0 saturated heterocycles. The summed E-state index contributed by atoms with van der Waals surface area (Å²) in [4.78, 5) is 23.2. The van der Waals surface area contributed by atoms with Gasteiger partial charge in [-0.2, -0.15) is 0 Å². The molecular weight excluding hydrogens is 216 g/mol. The van der Waals surface area contributed by atoms with Gasteiger partial charge in [0.05, 0.1) is 0 Å². The third-order valence-corrected chi connectivity index (χ3v) is 2.57. The second-order valence-electron chi connectivity index (χ2n) is 5.10. The van der Waals surface area contributed by atoms with Gasteiger partial charge in [0, 0.05) is 24.9 Å². The fraction of sp³-hybridized carbons (Fsp3) is 0.846. The highest BCUT2D eigenvalue weighted by molar-refractivity contribution is 5.85. The molecule has 102 valence electrons. The maximum atomic E-state index is 11.6. The first kappa shape index (κ1) is 18.3. The van der Waals surface area contributed by atoms with E-state index in [4.69, 9.17) is 0 Å². The molecule has 0 rings (SSSR count). The summed E-state index contributed by atoms with van der Waals surface area (Å²) in [6.45, 7) is 11.4. The molecule has 4 nitrogen and oxygen atoms in total. The smallest absolute Gasteiger partial charge is 0.225 e. The van der Waals surface area contributed by atoms with Crippen molar-refractivity contribution >= 4 is 11.8 Å². The fourth-order valence-electron chi connectivity index (χ4n) is 1.94. The molecule has 2 amide bonds. The maximum absolute atomic E-state index is 11.6. The SMILES string of the molecule is CC.CNC(=O)C(C)(C)CC(C)(C)C(=O)NC. The average Bonchev–Trinajstić information content (AvgIpc) is 2.27. The Kier molecular flexibility index (Phi) is 7.86. The Bertz CT molecular complexity index is 232. The van der Waals surface area contributed by atoms with Crippen molar-refractivity contribution in [2.45, 2.75) is 48.0 Å². The Hall–Kier alpha value is -1.06. The standard InChI is InChI=1S/C11H22N2O2.C2H6/c1-10(2,8(14)12-5)7-11(3,4)9(15)13-6;1-2/h7H2,1-6H3,(H,12,14)(H,13,15);1-2H3. The average molecular weight is 244 g/mol. The van der Waals surface area contributed by atoms with E-state index in [1.807, 2.05) is 41.5 Å². The van der Waals surface area contributed by atoms with Crippen molar-refractivity contribution in [3.63, 3.8) is 0 Å². The molecule has 0 atom stereocenters. The van der Waals surface area contributed by atoms with Crippen molar-refractivity contribution in [2.24, 2.45) is 10.8 Å². The van der Waals surface area contributed by atoms with E-state index < -0.39 is 10.8 Å². The molecule has 0 aromatic heterocycles. The minimum Gasteiger partial charge on any atom is -0.359 e. The number of rotatable bonds is 4. The maximum Gasteiger partial charge on any atom is 0.225 e. The lowest BCUT2D eigenvalue weighted by molar-refractivity contribution is -0.135. The van der Waals surface area contributed by atoms with Gasteiger partial charge in [-0.1, -0.05) is 41.5 Å². The molecule has 0 heterocycles. The van der Waals surface area contributed by atoms with Gasteiger partial charge in [-0.3, -0.25) is 9.59 Å². The first-order valence-electron chi connectivity index (χ1n) is 6.12. The molecule has 0 aromatic rings. The third-order valence-electron chi connectivity index (χ3n) is 2.57. The van der Waals surface area contributed by atoms with E-state index in [2.05, 4.69) is 10.6 Å². The largest absolute Gasteiger partial charge is 0.359 e. The van der Waals surface area contributed by atoms with Crippen LogP contribution in [0.25, 0.3) is 0 Å². The van der Waals surface area contributed by atoms with E-state index in [1.165, 1.54) is 0 Å². The van der Waals surface area contributed by atoms with Gasteiger partial charge >= 0.3 is 0 Å². The van der Waals surface area contributed by atoms with E-state index in [0.29, 0.717) is 6.42 Å². The van der Waals surface area contributed by atoms with E-state index in [9.17, 15) is 9.59 Å². The van der Waals surface area contributed by atoms with Crippen molar-refractivity contribution in [1.29, 1.82) is 0 Å². The zero-order valence-corrected chi connectivity index (χ0v) is 12.5. The summed E-state index contributed by atoms with van der Waals surface area (Å²) >= 11 is 0. The summed E-state index contributed by atoms with van der Waals surface area (Å²) in [5.41, 5.74) is -1.07. The molecule has 0 bridgehead atoms. The van der Waals surface area contributed by atoms with Crippen LogP contribution in [0.2, 0.25) is 0 Å². The number of amides is 2. The Morgan fingerprint density at radius 2 is 1.06 bits per heavy atom. The van der Waals surface area contributed by atoms with Crippen molar-refractivity contribution in [1.82, 2.24) is 10.6 Å². The highest BCUT2D eigenvalue weighted by Crippen LogP contribution is 2.33. The predicted octanol–water partition coefficient (Wildman–Crippen LogP) is 1.95. The van der Waals surface area contributed by atoms with Crippen LogP contribution in [0.15, 0.2) is 0 Å². The number of hydrogen-bond acceptors (Lipinski definition) is 2. The fourth-order valence-corrected chi connectivity index (χ4v) is 1.94. The Balaban J connectivity index is 0. The van der Waals surface area contributed by atoms with E-state index in [-0.39, 0.29) is 11.8 Å². The van der Waals surface area contributed by atoms with Crippen LogP contribution in [0, 0.1) is 10.8 Å². The lowest BCUT2D eigenvalue weighted by Gasteiger charge is -2.32. The van der Waals surface area contributed by atoms with Gasteiger partial charge < -0.3 is 10.6 Å². The first-order valence-corrected chi connectivity index (χ1v) is 6.12. The highest BCUT2D eigenvalue weighted by atomic mass is 16.2. The topological polar surface area (TPSA) is 58.2 Å². The Labute approximate surface area is 106 Å². The first-order chi connectivity index (χ1) is 7.67. The van der Waals surface area contributed by atoms with Gasteiger partial charge in [0.1, 0.15) is 0 Å². The van der Waals surface area contributed by atoms with E-state index in [0.717, 1.165) is 0 Å². The van der Waals surface area contributed by atoms with Crippen LogP contribution in [0.5, 0.6) is 0 Å². The van der Waals surface area contributed by atoms with Crippen LogP contribution in [0.4, 0.5) is 0 Å². The zero-order valence-electron chi connectivity index (χ0n) is 12.5. The molecular formula is C13H28N2O2. The molecule has 0 unspecified atom stereocenters.